The predicted octanol–water partition coefficient (Wildman–Crippen LogP) is 3.05. The van der Waals surface area contributed by atoms with Crippen LogP contribution in [0, 0.1) is 0 Å². The molecule has 1 saturated heterocycles. The highest BCUT2D eigenvalue weighted by Crippen LogP contribution is 2.37. The Morgan fingerprint density at radius 2 is 1.89 bits per heavy atom. The summed E-state index contributed by atoms with van der Waals surface area (Å²) in [6.07, 6.45) is -2.99. The van der Waals surface area contributed by atoms with Crippen molar-refractivity contribution >= 4 is 21.7 Å². The summed E-state index contributed by atoms with van der Waals surface area (Å²) in [5.41, 5.74) is -0.692. The van der Waals surface area contributed by atoms with Gasteiger partial charge in [0, 0.05) is 35.8 Å². The van der Waals surface area contributed by atoms with Gasteiger partial charge < -0.3 is 10.2 Å². The number of halogens is 4. The summed E-state index contributed by atoms with van der Waals surface area (Å²) in [7, 11) is 0. The minimum Gasteiger partial charge on any atom is -0.353 e. The molecule has 2 rings (SSSR count). The summed E-state index contributed by atoms with van der Waals surface area (Å²) in [5.74, 6) is 0.0101. The molecular formula is C12H15BrF3N3. The maximum Gasteiger partial charge on any atom is 0.419 e. The summed E-state index contributed by atoms with van der Waals surface area (Å²) < 4.78 is 39.6. The maximum absolute atomic E-state index is 13.1. The molecule has 1 aromatic heterocycles. The number of pyridine rings is 1. The third kappa shape index (κ3) is 3.39. The Hall–Kier alpha value is -0.820. The fourth-order valence-electron chi connectivity index (χ4n) is 2.39. The molecule has 1 fully saturated rings. The van der Waals surface area contributed by atoms with Gasteiger partial charge in [-0.05, 0) is 35.8 Å². The van der Waals surface area contributed by atoms with E-state index >= 15 is 0 Å². The van der Waals surface area contributed by atoms with Crippen molar-refractivity contribution in [3.05, 3.63) is 22.3 Å². The molecule has 1 aliphatic heterocycles. The molecule has 2 unspecified atom stereocenters. The van der Waals surface area contributed by atoms with Gasteiger partial charge in [-0.1, -0.05) is 0 Å². The van der Waals surface area contributed by atoms with Crippen molar-refractivity contribution in [2.45, 2.75) is 32.1 Å². The third-order valence-corrected chi connectivity index (χ3v) is 3.43. The van der Waals surface area contributed by atoms with Gasteiger partial charge in [0.15, 0.2) is 0 Å². The van der Waals surface area contributed by atoms with Crippen LogP contribution in [0.2, 0.25) is 0 Å². The molecular weight excluding hydrogens is 323 g/mol. The van der Waals surface area contributed by atoms with Crippen molar-refractivity contribution in [3.63, 3.8) is 0 Å². The number of anilines is 1. The summed E-state index contributed by atoms with van der Waals surface area (Å²) in [5, 5.41) is 3.29. The van der Waals surface area contributed by atoms with E-state index in [-0.39, 0.29) is 17.9 Å². The van der Waals surface area contributed by atoms with Gasteiger partial charge in [0.1, 0.15) is 5.82 Å². The lowest BCUT2D eigenvalue weighted by molar-refractivity contribution is -0.137. The number of nitrogens with zero attached hydrogens (tertiary/aromatic N) is 2. The van der Waals surface area contributed by atoms with Gasteiger partial charge in [0.2, 0.25) is 0 Å². The summed E-state index contributed by atoms with van der Waals surface area (Å²) in [6.45, 7) is 4.94. The van der Waals surface area contributed by atoms with Crippen LogP contribution < -0.4 is 10.2 Å². The van der Waals surface area contributed by atoms with E-state index in [0.29, 0.717) is 17.6 Å². The molecule has 1 aliphatic rings. The van der Waals surface area contributed by atoms with E-state index in [4.69, 9.17) is 0 Å². The minimum atomic E-state index is -4.40. The lowest BCUT2D eigenvalue weighted by atomic mass is 10.1. The number of hydrogen-bond acceptors (Lipinski definition) is 3. The Bertz CT molecular complexity index is 454. The number of alkyl halides is 3. The van der Waals surface area contributed by atoms with Crippen molar-refractivity contribution < 1.29 is 13.2 Å². The van der Waals surface area contributed by atoms with Crippen molar-refractivity contribution in [3.8, 4) is 0 Å². The molecule has 2 atom stereocenters. The molecule has 106 valence electrons. The van der Waals surface area contributed by atoms with Gasteiger partial charge in [-0.25, -0.2) is 4.98 Å². The Balaban J connectivity index is 2.39. The number of piperazine rings is 1. The fourth-order valence-corrected chi connectivity index (χ4v) is 2.72. The first-order valence-corrected chi connectivity index (χ1v) is 6.80. The van der Waals surface area contributed by atoms with Gasteiger partial charge in [-0.2, -0.15) is 13.2 Å². The zero-order valence-corrected chi connectivity index (χ0v) is 12.2. The average molecular weight is 338 g/mol. The first-order chi connectivity index (χ1) is 8.77. The van der Waals surface area contributed by atoms with Crippen LogP contribution in [0.4, 0.5) is 19.0 Å². The Labute approximate surface area is 118 Å². The second kappa shape index (κ2) is 5.28. The third-order valence-electron chi connectivity index (χ3n) is 3.00. The molecule has 0 bridgehead atoms. The van der Waals surface area contributed by atoms with Crippen LogP contribution in [0.25, 0.3) is 0 Å². The molecule has 0 aliphatic carbocycles. The molecule has 0 saturated carbocycles. The van der Waals surface area contributed by atoms with Crippen molar-refractivity contribution in [2.24, 2.45) is 0 Å². The quantitative estimate of drug-likeness (QED) is 0.853. The van der Waals surface area contributed by atoms with E-state index < -0.39 is 11.7 Å². The molecule has 3 nitrogen and oxygen atoms in total. The van der Waals surface area contributed by atoms with Crippen LogP contribution in [0.1, 0.15) is 19.4 Å². The van der Waals surface area contributed by atoms with Crippen LogP contribution in [-0.2, 0) is 6.18 Å². The molecule has 0 spiro atoms. The van der Waals surface area contributed by atoms with Crippen LogP contribution in [0.5, 0.6) is 0 Å². The molecule has 1 aromatic rings. The van der Waals surface area contributed by atoms with Crippen molar-refractivity contribution in [1.29, 1.82) is 0 Å². The molecule has 1 N–H and O–H groups in total. The number of nitrogens with one attached hydrogen (secondary N) is 1. The van der Waals surface area contributed by atoms with E-state index in [0.717, 1.165) is 6.07 Å². The number of rotatable bonds is 1. The first kappa shape index (κ1) is 14.6. The highest BCUT2D eigenvalue weighted by Gasteiger charge is 2.37. The van der Waals surface area contributed by atoms with E-state index in [2.05, 4.69) is 26.2 Å². The number of hydrogen-bond donors (Lipinski definition) is 1. The minimum absolute atomic E-state index is 0.0101. The normalized spacial score (nSPS) is 24.6. The Morgan fingerprint density at radius 3 is 2.42 bits per heavy atom. The molecule has 0 radical (unpaired) electrons. The predicted molar refractivity (Wildman–Crippen MR) is 71.2 cm³/mol. The molecule has 0 aromatic carbocycles. The maximum atomic E-state index is 13.1. The van der Waals surface area contributed by atoms with Crippen LogP contribution in [0.15, 0.2) is 16.7 Å². The molecule has 0 amide bonds. The monoisotopic (exact) mass is 337 g/mol. The SMILES string of the molecule is CC1CN(c2ncc(Br)cc2C(F)(F)F)CC(C)N1. The van der Waals surface area contributed by atoms with E-state index in [1.807, 2.05) is 13.8 Å². The van der Waals surface area contributed by atoms with Gasteiger partial charge in [-0.3, -0.25) is 0 Å². The lowest BCUT2D eigenvalue weighted by Crippen LogP contribution is -2.54. The molecule has 19 heavy (non-hydrogen) atoms. The number of aromatic nitrogens is 1. The first-order valence-electron chi connectivity index (χ1n) is 6.01. The second-order valence-electron chi connectivity index (χ2n) is 4.90. The lowest BCUT2D eigenvalue weighted by Gasteiger charge is -2.37. The smallest absolute Gasteiger partial charge is 0.353 e. The average Bonchev–Trinajstić information content (AvgIpc) is 2.26. The fraction of sp³-hybridized carbons (Fsp3) is 0.583. The van der Waals surface area contributed by atoms with Gasteiger partial charge in [0.05, 0.1) is 5.56 Å². The zero-order valence-electron chi connectivity index (χ0n) is 10.6. The molecule has 7 heteroatoms. The van der Waals surface area contributed by atoms with Gasteiger partial charge >= 0.3 is 6.18 Å². The summed E-state index contributed by atoms with van der Waals surface area (Å²) in [4.78, 5) is 5.66. The summed E-state index contributed by atoms with van der Waals surface area (Å²) >= 11 is 3.04. The highest BCUT2D eigenvalue weighted by atomic mass is 79.9. The van der Waals surface area contributed by atoms with E-state index in [1.54, 1.807) is 4.90 Å². The van der Waals surface area contributed by atoms with Crippen LogP contribution >= 0.6 is 15.9 Å². The topological polar surface area (TPSA) is 28.2 Å². The Morgan fingerprint density at radius 1 is 1.32 bits per heavy atom. The van der Waals surface area contributed by atoms with Crippen LogP contribution in [-0.4, -0.2) is 30.2 Å². The van der Waals surface area contributed by atoms with E-state index in [1.165, 1.54) is 6.20 Å². The van der Waals surface area contributed by atoms with Gasteiger partial charge in [-0.15, -0.1) is 0 Å². The molecule has 2 heterocycles. The van der Waals surface area contributed by atoms with Gasteiger partial charge in [0.25, 0.3) is 0 Å². The van der Waals surface area contributed by atoms with Crippen molar-refractivity contribution in [1.82, 2.24) is 10.3 Å². The second-order valence-corrected chi connectivity index (χ2v) is 5.81. The largest absolute Gasteiger partial charge is 0.419 e. The van der Waals surface area contributed by atoms with Crippen molar-refractivity contribution in [2.75, 3.05) is 18.0 Å². The van der Waals surface area contributed by atoms with Crippen LogP contribution in [0.3, 0.4) is 0 Å². The zero-order chi connectivity index (χ0) is 14.2. The van der Waals surface area contributed by atoms with E-state index in [9.17, 15) is 13.2 Å². The summed E-state index contributed by atoms with van der Waals surface area (Å²) in [6, 6.07) is 1.35. The standard InChI is InChI=1S/C12H15BrF3N3/c1-7-5-19(6-8(2)18-7)11-10(12(14,15)16)3-9(13)4-17-11/h3-4,7-8,18H,5-6H2,1-2H3. The Kier molecular flexibility index (Phi) is 4.06. The highest BCUT2D eigenvalue weighted by molar-refractivity contribution is 9.10.